The van der Waals surface area contributed by atoms with Crippen molar-refractivity contribution in [2.24, 2.45) is 0 Å². The lowest BCUT2D eigenvalue weighted by Gasteiger charge is -2.15. The molecule has 5 nitrogen and oxygen atoms in total. The number of methoxy groups -OCH3 is 1. The van der Waals surface area contributed by atoms with E-state index in [9.17, 15) is 9.59 Å². The summed E-state index contributed by atoms with van der Waals surface area (Å²) in [4.78, 5) is 29.2. The number of carbonyl (C=O) groups excluding carboxylic acids is 1. The largest absolute Gasteiger partial charge is 0.468 e. The summed E-state index contributed by atoms with van der Waals surface area (Å²) in [6.45, 7) is 4.54. The van der Waals surface area contributed by atoms with Crippen LogP contribution in [0.5, 0.6) is 0 Å². The maximum atomic E-state index is 12.8. The molecule has 0 bridgehead atoms. The first kappa shape index (κ1) is 18.5. The monoisotopic (exact) mass is 348 g/mol. The lowest BCUT2D eigenvalue weighted by molar-refractivity contribution is -0.139. The van der Waals surface area contributed by atoms with Gasteiger partial charge in [0.15, 0.2) is 5.16 Å². The zero-order valence-electron chi connectivity index (χ0n) is 14.4. The fourth-order valence-corrected chi connectivity index (χ4v) is 3.46. The number of rotatable bonds is 8. The third kappa shape index (κ3) is 4.38. The zero-order chi connectivity index (χ0) is 17.5. The number of carbonyl (C=O) groups is 1. The van der Waals surface area contributed by atoms with E-state index in [4.69, 9.17) is 4.74 Å². The van der Waals surface area contributed by atoms with Crippen molar-refractivity contribution in [3.63, 3.8) is 0 Å². The van der Waals surface area contributed by atoms with E-state index >= 15 is 0 Å². The highest BCUT2D eigenvalue weighted by Gasteiger charge is 2.19. The molecule has 0 spiro atoms. The molecule has 0 aliphatic rings. The topological polar surface area (TPSA) is 61.2 Å². The minimum atomic E-state index is -0.412. The van der Waals surface area contributed by atoms with E-state index in [1.54, 1.807) is 17.6 Å². The molecule has 1 aromatic carbocycles. The number of benzene rings is 1. The Hall–Kier alpha value is -1.82. The normalized spacial score (nSPS) is 12.3. The fraction of sp³-hybridized carbons (Fsp3) is 0.500. The molecule has 6 heteroatoms. The van der Waals surface area contributed by atoms with Gasteiger partial charge in [0.1, 0.15) is 5.25 Å². The van der Waals surface area contributed by atoms with E-state index in [0.29, 0.717) is 22.6 Å². The standard InChI is InChI=1S/C18H24N2O3S/c1-4-5-6-9-12-20-16(21)14-10-7-8-11-15(14)19-18(20)24-13(2)17(22)23-3/h7-8,10-11,13H,4-6,9,12H2,1-3H3. The molecule has 2 rings (SSSR count). The Bertz CT molecular complexity index is 758. The van der Waals surface area contributed by atoms with Gasteiger partial charge in [0, 0.05) is 6.54 Å². The van der Waals surface area contributed by atoms with Crippen molar-refractivity contribution in [3.8, 4) is 0 Å². The van der Waals surface area contributed by atoms with Crippen molar-refractivity contribution in [2.45, 2.75) is 56.5 Å². The Labute approximate surface area is 146 Å². The van der Waals surface area contributed by atoms with Crippen molar-refractivity contribution in [1.82, 2.24) is 9.55 Å². The summed E-state index contributed by atoms with van der Waals surface area (Å²) in [5.41, 5.74) is 0.614. The fourth-order valence-electron chi connectivity index (χ4n) is 2.50. The molecule has 2 aromatic rings. The second-order valence-corrected chi connectivity index (χ2v) is 7.02. The molecule has 0 saturated carbocycles. The minimum Gasteiger partial charge on any atom is -0.468 e. The molecular weight excluding hydrogens is 324 g/mol. The van der Waals surface area contributed by atoms with Crippen LogP contribution in [0.25, 0.3) is 10.9 Å². The van der Waals surface area contributed by atoms with Crippen molar-refractivity contribution in [2.75, 3.05) is 7.11 Å². The molecule has 1 atom stereocenters. The maximum absolute atomic E-state index is 12.8. The van der Waals surface area contributed by atoms with Crippen LogP contribution < -0.4 is 5.56 Å². The number of para-hydroxylation sites is 1. The quantitative estimate of drug-likeness (QED) is 0.315. The second kappa shape index (κ2) is 8.87. The Kier molecular flexibility index (Phi) is 6.85. The number of ether oxygens (including phenoxy) is 1. The molecule has 1 heterocycles. The number of hydrogen-bond acceptors (Lipinski definition) is 5. The molecule has 1 aromatic heterocycles. The predicted molar refractivity (Wildman–Crippen MR) is 97.5 cm³/mol. The van der Waals surface area contributed by atoms with Gasteiger partial charge >= 0.3 is 5.97 Å². The van der Waals surface area contributed by atoms with Crippen molar-refractivity contribution in [3.05, 3.63) is 34.6 Å². The molecule has 1 unspecified atom stereocenters. The van der Waals surface area contributed by atoms with Crippen LogP contribution in [0.15, 0.2) is 34.2 Å². The Balaban J connectivity index is 2.38. The highest BCUT2D eigenvalue weighted by atomic mass is 32.2. The van der Waals surface area contributed by atoms with Crippen LogP contribution in [0.3, 0.4) is 0 Å². The average Bonchev–Trinajstić information content (AvgIpc) is 2.60. The molecule has 0 aliphatic heterocycles. The van der Waals surface area contributed by atoms with Crippen LogP contribution in [0.2, 0.25) is 0 Å². The number of aromatic nitrogens is 2. The molecule has 130 valence electrons. The van der Waals surface area contributed by atoms with Crippen LogP contribution in [0.1, 0.15) is 39.5 Å². The van der Waals surface area contributed by atoms with Gasteiger partial charge in [0.2, 0.25) is 0 Å². The van der Waals surface area contributed by atoms with E-state index in [0.717, 1.165) is 25.7 Å². The van der Waals surface area contributed by atoms with Gasteiger partial charge in [-0.05, 0) is 25.5 Å². The van der Waals surface area contributed by atoms with Gasteiger partial charge in [-0.15, -0.1) is 0 Å². The van der Waals surface area contributed by atoms with Crippen molar-refractivity contribution in [1.29, 1.82) is 0 Å². The van der Waals surface area contributed by atoms with Gasteiger partial charge in [0.25, 0.3) is 5.56 Å². The van der Waals surface area contributed by atoms with Crippen molar-refractivity contribution >= 4 is 28.6 Å². The number of nitrogens with zero attached hydrogens (tertiary/aromatic N) is 2. The predicted octanol–water partition coefficient (Wildman–Crippen LogP) is 3.63. The van der Waals surface area contributed by atoms with Gasteiger partial charge < -0.3 is 4.74 Å². The van der Waals surface area contributed by atoms with Crippen molar-refractivity contribution < 1.29 is 9.53 Å². The minimum absolute atomic E-state index is 0.0448. The average molecular weight is 348 g/mol. The highest BCUT2D eigenvalue weighted by molar-refractivity contribution is 8.00. The lowest BCUT2D eigenvalue weighted by atomic mass is 10.2. The summed E-state index contributed by atoms with van der Waals surface area (Å²) in [6, 6.07) is 7.33. The van der Waals surface area contributed by atoms with E-state index in [1.165, 1.54) is 18.9 Å². The highest BCUT2D eigenvalue weighted by Crippen LogP contribution is 2.23. The summed E-state index contributed by atoms with van der Waals surface area (Å²) in [5, 5.41) is 0.779. The van der Waals surface area contributed by atoms with Gasteiger partial charge in [0.05, 0.1) is 18.0 Å². The van der Waals surface area contributed by atoms with Crippen LogP contribution in [0.4, 0.5) is 0 Å². The molecule has 0 aliphatic carbocycles. The molecule has 24 heavy (non-hydrogen) atoms. The summed E-state index contributed by atoms with van der Waals surface area (Å²) in [7, 11) is 1.37. The van der Waals surface area contributed by atoms with Crippen LogP contribution in [-0.4, -0.2) is 27.9 Å². The first-order chi connectivity index (χ1) is 11.6. The smallest absolute Gasteiger partial charge is 0.318 e. The summed E-state index contributed by atoms with van der Waals surface area (Å²) in [6.07, 6.45) is 4.29. The van der Waals surface area contributed by atoms with Crippen LogP contribution in [-0.2, 0) is 16.1 Å². The molecular formula is C18H24N2O3S. The van der Waals surface area contributed by atoms with E-state index in [1.807, 2.05) is 18.2 Å². The van der Waals surface area contributed by atoms with Crippen LogP contribution in [0, 0.1) is 0 Å². The first-order valence-corrected chi connectivity index (χ1v) is 9.20. The van der Waals surface area contributed by atoms with E-state index < -0.39 is 5.25 Å². The van der Waals surface area contributed by atoms with Crippen LogP contribution >= 0.6 is 11.8 Å². The number of esters is 1. The molecule has 0 amide bonds. The summed E-state index contributed by atoms with van der Waals surface area (Å²) in [5.74, 6) is -0.319. The number of unbranched alkanes of at least 4 members (excludes halogenated alkanes) is 3. The van der Waals surface area contributed by atoms with Gasteiger partial charge in [-0.1, -0.05) is 50.1 Å². The third-order valence-electron chi connectivity index (χ3n) is 3.88. The number of fused-ring (bicyclic) bond motifs is 1. The molecule has 0 fully saturated rings. The van der Waals surface area contributed by atoms with Gasteiger partial charge in [-0.3, -0.25) is 14.2 Å². The number of thioether (sulfide) groups is 1. The zero-order valence-corrected chi connectivity index (χ0v) is 15.3. The van der Waals surface area contributed by atoms with E-state index in [2.05, 4.69) is 11.9 Å². The SMILES string of the molecule is CCCCCCn1c(SC(C)C(=O)OC)nc2ccccc2c1=O. The Morgan fingerprint density at radius 3 is 2.75 bits per heavy atom. The molecule has 0 radical (unpaired) electrons. The Morgan fingerprint density at radius 2 is 2.04 bits per heavy atom. The van der Waals surface area contributed by atoms with E-state index in [-0.39, 0.29) is 11.5 Å². The summed E-state index contributed by atoms with van der Waals surface area (Å²) < 4.78 is 6.48. The summed E-state index contributed by atoms with van der Waals surface area (Å²) >= 11 is 1.27. The Morgan fingerprint density at radius 1 is 1.29 bits per heavy atom. The molecule has 0 N–H and O–H groups in total. The number of hydrogen-bond donors (Lipinski definition) is 0. The first-order valence-electron chi connectivity index (χ1n) is 8.32. The van der Waals surface area contributed by atoms with Gasteiger partial charge in [-0.2, -0.15) is 0 Å². The second-order valence-electron chi connectivity index (χ2n) is 5.71. The molecule has 0 saturated heterocycles. The lowest BCUT2D eigenvalue weighted by Crippen LogP contribution is -2.25. The third-order valence-corrected chi connectivity index (χ3v) is 4.95. The van der Waals surface area contributed by atoms with Gasteiger partial charge in [-0.25, -0.2) is 4.98 Å². The maximum Gasteiger partial charge on any atom is 0.318 e.